The summed E-state index contributed by atoms with van der Waals surface area (Å²) in [6.45, 7) is 1.57. The minimum atomic E-state index is -0.368. The number of carbonyl (C=O) groups is 3. The third-order valence-corrected chi connectivity index (χ3v) is 5.17. The summed E-state index contributed by atoms with van der Waals surface area (Å²) in [5, 5.41) is 2.85. The molecule has 1 aromatic carbocycles. The number of urea groups is 1. The van der Waals surface area contributed by atoms with E-state index in [4.69, 9.17) is 4.74 Å². The molecule has 3 heterocycles. The number of amides is 4. The van der Waals surface area contributed by atoms with Crippen LogP contribution >= 0.6 is 0 Å². The minimum absolute atomic E-state index is 0.00490. The van der Waals surface area contributed by atoms with Gasteiger partial charge in [0.1, 0.15) is 0 Å². The van der Waals surface area contributed by atoms with Crippen LogP contribution in [0.15, 0.2) is 42.7 Å². The summed E-state index contributed by atoms with van der Waals surface area (Å²) in [7, 11) is 1.44. The Morgan fingerprint density at radius 3 is 2.83 bits per heavy atom. The van der Waals surface area contributed by atoms with Gasteiger partial charge in [-0.1, -0.05) is 6.07 Å². The van der Waals surface area contributed by atoms with Crippen molar-refractivity contribution in [2.45, 2.75) is 25.5 Å². The van der Waals surface area contributed by atoms with Gasteiger partial charge < -0.3 is 15.0 Å². The van der Waals surface area contributed by atoms with Crippen molar-refractivity contribution in [1.82, 2.24) is 14.8 Å². The zero-order valence-corrected chi connectivity index (χ0v) is 16.1. The van der Waals surface area contributed by atoms with Crippen LogP contribution in [0.1, 0.15) is 39.1 Å². The molecule has 1 fully saturated rings. The van der Waals surface area contributed by atoms with Gasteiger partial charge in [0.25, 0.3) is 11.8 Å². The van der Waals surface area contributed by atoms with Crippen LogP contribution in [0.2, 0.25) is 0 Å². The van der Waals surface area contributed by atoms with E-state index in [1.807, 2.05) is 12.1 Å². The van der Waals surface area contributed by atoms with Gasteiger partial charge in [0, 0.05) is 44.8 Å². The molecule has 1 saturated heterocycles. The highest BCUT2D eigenvalue weighted by Crippen LogP contribution is 2.25. The molecule has 1 N–H and O–H groups in total. The van der Waals surface area contributed by atoms with Gasteiger partial charge in [-0.2, -0.15) is 0 Å². The Labute approximate surface area is 168 Å². The van der Waals surface area contributed by atoms with Gasteiger partial charge >= 0.3 is 6.03 Å². The standard InChI is InChI=1S/C21H22N4O4/c1-24-19(26)17-7-6-15(10-18(17)20(24)27)23-21(28)25(13-16-5-3-9-29-16)12-14-4-2-8-22-11-14/h2,4,6-8,10-11,16H,3,5,9,12-13H2,1H3,(H,23,28). The summed E-state index contributed by atoms with van der Waals surface area (Å²) >= 11 is 0. The molecule has 8 heteroatoms. The molecule has 8 nitrogen and oxygen atoms in total. The smallest absolute Gasteiger partial charge is 0.322 e. The highest BCUT2D eigenvalue weighted by atomic mass is 16.5. The first kappa shape index (κ1) is 19.1. The number of fused-ring (bicyclic) bond motifs is 1. The van der Waals surface area contributed by atoms with Crippen LogP contribution in [-0.2, 0) is 11.3 Å². The Hall–Kier alpha value is -3.26. The second-order valence-corrected chi connectivity index (χ2v) is 7.24. The summed E-state index contributed by atoms with van der Waals surface area (Å²) in [6, 6.07) is 8.20. The fourth-order valence-corrected chi connectivity index (χ4v) is 3.61. The predicted molar refractivity (Wildman–Crippen MR) is 106 cm³/mol. The highest BCUT2D eigenvalue weighted by Gasteiger charge is 2.33. The Bertz CT molecular complexity index is 941. The van der Waals surface area contributed by atoms with E-state index in [1.165, 1.54) is 7.05 Å². The van der Waals surface area contributed by atoms with Crippen LogP contribution in [0.4, 0.5) is 10.5 Å². The van der Waals surface area contributed by atoms with Crippen molar-refractivity contribution in [3.8, 4) is 0 Å². The van der Waals surface area contributed by atoms with Gasteiger partial charge in [-0.25, -0.2) is 4.79 Å². The molecule has 2 aliphatic heterocycles. The van der Waals surface area contributed by atoms with Crippen LogP contribution in [0.25, 0.3) is 0 Å². The molecule has 150 valence electrons. The maximum atomic E-state index is 13.0. The van der Waals surface area contributed by atoms with E-state index < -0.39 is 0 Å². The average Bonchev–Trinajstić information content (AvgIpc) is 3.32. The summed E-state index contributed by atoms with van der Waals surface area (Å²) in [5.74, 6) is -0.702. The number of imide groups is 1. The lowest BCUT2D eigenvalue weighted by molar-refractivity contribution is 0.0693. The summed E-state index contributed by atoms with van der Waals surface area (Å²) in [5.41, 5.74) is 2.03. The maximum Gasteiger partial charge on any atom is 0.322 e. The van der Waals surface area contributed by atoms with E-state index in [0.717, 1.165) is 23.3 Å². The van der Waals surface area contributed by atoms with E-state index in [2.05, 4.69) is 10.3 Å². The van der Waals surface area contributed by atoms with Crippen LogP contribution in [0.3, 0.4) is 0 Å². The van der Waals surface area contributed by atoms with Crippen molar-refractivity contribution in [2.75, 3.05) is 25.5 Å². The number of carbonyl (C=O) groups excluding carboxylic acids is 3. The lowest BCUT2D eigenvalue weighted by atomic mass is 10.1. The van der Waals surface area contributed by atoms with E-state index >= 15 is 0 Å². The quantitative estimate of drug-likeness (QED) is 0.787. The zero-order chi connectivity index (χ0) is 20.4. The van der Waals surface area contributed by atoms with E-state index in [-0.39, 0.29) is 23.9 Å². The molecule has 0 saturated carbocycles. The second-order valence-electron chi connectivity index (χ2n) is 7.24. The Morgan fingerprint density at radius 2 is 2.10 bits per heavy atom. The molecular formula is C21H22N4O4. The fourth-order valence-electron chi connectivity index (χ4n) is 3.61. The number of aromatic nitrogens is 1. The van der Waals surface area contributed by atoms with Gasteiger partial charge in [0.05, 0.1) is 17.2 Å². The first-order valence-corrected chi connectivity index (χ1v) is 9.56. The van der Waals surface area contributed by atoms with Crippen LogP contribution < -0.4 is 5.32 Å². The fraction of sp³-hybridized carbons (Fsp3) is 0.333. The molecule has 2 aliphatic rings. The lowest BCUT2D eigenvalue weighted by Gasteiger charge is -2.26. The molecule has 0 spiro atoms. The first-order valence-electron chi connectivity index (χ1n) is 9.56. The van der Waals surface area contributed by atoms with Crippen molar-refractivity contribution < 1.29 is 19.1 Å². The van der Waals surface area contributed by atoms with E-state index in [1.54, 1.807) is 35.5 Å². The predicted octanol–water partition coefficient (Wildman–Crippen LogP) is 2.52. The second kappa shape index (κ2) is 8.00. The topological polar surface area (TPSA) is 91.8 Å². The monoisotopic (exact) mass is 394 g/mol. The van der Waals surface area contributed by atoms with Gasteiger partial charge in [-0.15, -0.1) is 0 Å². The van der Waals surface area contributed by atoms with Crippen LogP contribution in [0.5, 0.6) is 0 Å². The molecule has 0 bridgehead atoms. The molecule has 1 atom stereocenters. The molecule has 4 rings (SSSR count). The number of ether oxygens (including phenoxy) is 1. The van der Waals surface area contributed by atoms with E-state index in [0.29, 0.717) is 36.5 Å². The Kier molecular flexibility index (Phi) is 5.26. The number of benzene rings is 1. The number of hydrogen-bond donors (Lipinski definition) is 1. The molecule has 2 aromatic rings. The minimum Gasteiger partial charge on any atom is -0.376 e. The third kappa shape index (κ3) is 3.97. The third-order valence-electron chi connectivity index (χ3n) is 5.17. The zero-order valence-electron chi connectivity index (χ0n) is 16.1. The molecule has 1 unspecified atom stereocenters. The van der Waals surface area contributed by atoms with Gasteiger partial charge in [-0.05, 0) is 42.7 Å². The Balaban J connectivity index is 1.51. The molecule has 4 amide bonds. The summed E-state index contributed by atoms with van der Waals surface area (Å²) in [4.78, 5) is 44.1. The van der Waals surface area contributed by atoms with Gasteiger partial charge in [0.2, 0.25) is 0 Å². The van der Waals surface area contributed by atoms with Crippen molar-refractivity contribution in [3.05, 3.63) is 59.4 Å². The number of anilines is 1. The molecule has 29 heavy (non-hydrogen) atoms. The maximum absolute atomic E-state index is 13.0. The average molecular weight is 394 g/mol. The van der Waals surface area contributed by atoms with Crippen LogP contribution in [0, 0.1) is 0 Å². The largest absolute Gasteiger partial charge is 0.376 e. The molecule has 0 aliphatic carbocycles. The summed E-state index contributed by atoms with van der Waals surface area (Å²) in [6.07, 6.45) is 5.32. The van der Waals surface area contributed by atoms with Crippen molar-refractivity contribution in [2.24, 2.45) is 0 Å². The van der Waals surface area contributed by atoms with E-state index in [9.17, 15) is 14.4 Å². The highest BCUT2D eigenvalue weighted by molar-refractivity contribution is 6.21. The Morgan fingerprint density at radius 1 is 1.28 bits per heavy atom. The SMILES string of the molecule is CN1C(=O)c2ccc(NC(=O)N(Cc3cccnc3)CC3CCCO3)cc2C1=O. The number of hydrogen-bond acceptors (Lipinski definition) is 5. The van der Waals surface area contributed by atoms with Crippen LogP contribution in [-0.4, -0.2) is 58.9 Å². The van der Waals surface area contributed by atoms with Crippen molar-refractivity contribution in [3.63, 3.8) is 0 Å². The van der Waals surface area contributed by atoms with Crippen molar-refractivity contribution in [1.29, 1.82) is 0 Å². The molecule has 0 radical (unpaired) electrons. The van der Waals surface area contributed by atoms with Crippen molar-refractivity contribution >= 4 is 23.5 Å². The number of pyridine rings is 1. The first-order chi connectivity index (χ1) is 14.0. The molecular weight excluding hydrogens is 372 g/mol. The van der Waals surface area contributed by atoms with Gasteiger partial charge in [0.15, 0.2) is 0 Å². The lowest BCUT2D eigenvalue weighted by Crippen LogP contribution is -2.39. The number of rotatable bonds is 5. The number of nitrogens with one attached hydrogen (secondary N) is 1. The molecule has 1 aromatic heterocycles. The number of nitrogens with zero attached hydrogens (tertiary/aromatic N) is 3. The summed E-state index contributed by atoms with van der Waals surface area (Å²) < 4.78 is 5.69. The van der Waals surface area contributed by atoms with Gasteiger partial charge in [-0.3, -0.25) is 19.5 Å². The normalized spacial score (nSPS) is 18.1.